The largest absolute Gasteiger partial charge is 0.442 e. The van der Waals surface area contributed by atoms with Gasteiger partial charge in [0.2, 0.25) is 0 Å². The van der Waals surface area contributed by atoms with Crippen molar-refractivity contribution in [3.05, 3.63) is 48.6 Å². The highest BCUT2D eigenvalue weighted by Crippen LogP contribution is 2.11. The van der Waals surface area contributed by atoms with Crippen LogP contribution in [0.1, 0.15) is 5.56 Å². The Morgan fingerprint density at radius 3 is 2.73 bits per heavy atom. The van der Waals surface area contributed by atoms with Crippen molar-refractivity contribution in [3.8, 4) is 0 Å². The zero-order chi connectivity index (χ0) is 10.7. The van der Waals surface area contributed by atoms with Crippen molar-refractivity contribution in [3.63, 3.8) is 0 Å². The Labute approximate surface area is 88.8 Å². The van der Waals surface area contributed by atoms with Gasteiger partial charge in [-0.3, -0.25) is 10.1 Å². The minimum Gasteiger partial charge on any atom is -0.442 e. The smallest absolute Gasteiger partial charge is 0.325 e. The number of nitrogens with one attached hydrogen (secondary N) is 1. The molecule has 2 atom stereocenters. The molecule has 0 aliphatic carbocycles. The summed E-state index contributed by atoms with van der Waals surface area (Å²) < 4.78 is 5.03. The lowest BCUT2D eigenvalue weighted by Gasteiger charge is -2.06. The third-order valence-corrected chi connectivity index (χ3v) is 2.39. The Morgan fingerprint density at radius 2 is 2.13 bits per heavy atom. The van der Waals surface area contributed by atoms with Gasteiger partial charge in [-0.05, 0) is 18.1 Å². The summed E-state index contributed by atoms with van der Waals surface area (Å²) in [5.74, 6) is -0.205. The van der Waals surface area contributed by atoms with Crippen molar-refractivity contribution < 1.29 is 9.53 Å². The molecule has 1 aliphatic rings. The topological polar surface area (TPSA) is 38.3 Å². The molecule has 0 radical (unpaired) electrons. The maximum Gasteiger partial charge on any atom is 0.325 e. The predicted molar refractivity (Wildman–Crippen MR) is 57.1 cm³/mol. The van der Waals surface area contributed by atoms with Gasteiger partial charge in [0.25, 0.3) is 0 Å². The second-order valence-electron chi connectivity index (χ2n) is 3.50. The summed E-state index contributed by atoms with van der Waals surface area (Å²) in [7, 11) is 0. The number of benzene rings is 1. The molecule has 0 spiro atoms. The first-order valence-corrected chi connectivity index (χ1v) is 4.92. The predicted octanol–water partition coefficient (Wildman–Crippen LogP) is 1.26. The lowest BCUT2D eigenvalue weighted by molar-refractivity contribution is -0.141. The van der Waals surface area contributed by atoms with Crippen LogP contribution in [0.4, 0.5) is 0 Å². The zero-order valence-electron chi connectivity index (χ0n) is 8.35. The summed E-state index contributed by atoms with van der Waals surface area (Å²) >= 11 is 0. The summed E-state index contributed by atoms with van der Waals surface area (Å²) in [6.07, 6.45) is 1.90. The molecule has 0 saturated carbocycles. The molecular weight excluding hydrogens is 190 g/mol. The van der Waals surface area contributed by atoms with Gasteiger partial charge in [0.05, 0.1) is 0 Å². The fourth-order valence-electron chi connectivity index (χ4n) is 1.62. The number of ether oxygens (including phenoxy) is 1. The van der Waals surface area contributed by atoms with E-state index in [1.54, 1.807) is 6.08 Å². The first kappa shape index (κ1) is 9.93. The Balaban J connectivity index is 2.01. The Kier molecular flexibility index (Phi) is 2.83. The summed E-state index contributed by atoms with van der Waals surface area (Å²) in [5, 5.41) is 3.05. The van der Waals surface area contributed by atoms with E-state index in [2.05, 4.69) is 11.9 Å². The van der Waals surface area contributed by atoms with Gasteiger partial charge in [-0.2, -0.15) is 0 Å². The van der Waals surface area contributed by atoms with Gasteiger partial charge < -0.3 is 4.74 Å². The zero-order valence-corrected chi connectivity index (χ0v) is 8.35. The molecule has 1 heterocycles. The molecule has 1 aliphatic heterocycles. The third-order valence-electron chi connectivity index (χ3n) is 2.39. The van der Waals surface area contributed by atoms with Crippen molar-refractivity contribution in [2.45, 2.75) is 18.7 Å². The van der Waals surface area contributed by atoms with Crippen LogP contribution in [0.2, 0.25) is 0 Å². The van der Waals surface area contributed by atoms with E-state index in [9.17, 15) is 4.79 Å². The van der Waals surface area contributed by atoms with Crippen molar-refractivity contribution >= 4 is 5.97 Å². The maximum atomic E-state index is 11.4. The van der Waals surface area contributed by atoms with E-state index >= 15 is 0 Å². The molecule has 1 saturated heterocycles. The van der Waals surface area contributed by atoms with Crippen molar-refractivity contribution in [1.82, 2.24) is 5.32 Å². The number of carbonyl (C=O) groups is 1. The molecule has 78 valence electrons. The molecule has 1 N–H and O–H groups in total. The molecule has 0 aromatic heterocycles. The van der Waals surface area contributed by atoms with Gasteiger partial charge >= 0.3 is 5.97 Å². The van der Waals surface area contributed by atoms with E-state index < -0.39 is 0 Å². The van der Waals surface area contributed by atoms with E-state index in [-0.39, 0.29) is 18.2 Å². The molecule has 1 aromatic carbocycles. The van der Waals surface area contributed by atoms with Crippen LogP contribution in [0.25, 0.3) is 0 Å². The maximum absolute atomic E-state index is 11.4. The van der Waals surface area contributed by atoms with E-state index in [0.717, 1.165) is 5.56 Å². The summed E-state index contributed by atoms with van der Waals surface area (Å²) in [6, 6.07) is 9.61. The van der Waals surface area contributed by atoms with E-state index in [1.807, 2.05) is 30.3 Å². The number of hydrogen-bond acceptors (Lipinski definition) is 3. The van der Waals surface area contributed by atoms with E-state index in [1.165, 1.54) is 0 Å². The standard InChI is InChI=1S/C12H13NO2/c1-2-11-13-10(12(14)15-11)8-9-6-4-3-5-7-9/h2-7,10-11,13H,1,8H2. The fraction of sp³-hybridized carbons (Fsp3) is 0.250. The van der Waals surface area contributed by atoms with Crippen LogP contribution in [-0.4, -0.2) is 18.2 Å². The quantitative estimate of drug-likeness (QED) is 0.593. The van der Waals surface area contributed by atoms with E-state index in [4.69, 9.17) is 4.74 Å². The Bertz CT molecular complexity index is 361. The third kappa shape index (κ3) is 2.25. The van der Waals surface area contributed by atoms with Gasteiger partial charge in [-0.1, -0.05) is 36.9 Å². The van der Waals surface area contributed by atoms with Crippen molar-refractivity contribution in [1.29, 1.82) is 0 Å². The van der Waals surface area contributed by atoms with Gasteiger partial charge in [0.15, 0.2) is 6.23 Å². The van der Waals surface area contributed by atoms with Gasteiger partial charge in [-0.15, -0.1) is 0 Å². The van der Waals surface area contributed by atoms with Crippen LogP contribution in [0.15, 0.2) is 43.0 Å². The molecular formula is C12H13NO2. The van der Waals surface area contributed by atoms with Gasteiger partial charge in [-0.25, -0.2) is 0 Å². The number of esters is 1. The molecule has 0 bridgehead atoms. The lowest BCUT2D eigenvalue weighted by Crippen LogP contribution is -2.32. The molecule has 2 rings (SSSR count). The van der Waals surface area contributed by atoms with Crippen LogP contribution >= 0.6 is 0 Å². The fourth-order valence-corrected chi connectivity index (χ4v) is 1.62. The minimum absolute atomic E-state index is 0.205. The summed E-state index contributed by atoms with van der Waals surface area (Å²) in [5.41, 5.74) is 1.12. The van der Waals surface area contributed by atoms with Crippen molar-refractivity contribution in [2.75, 3.05) is 0 Å². The molecule has 1 fully saturated rings. The number of rotatable bonds is 3. The number of carbonyl (C=O) groups excluding carboxylic acids is 1. The van der Waals surface area contributed by atoms with Crippen LogP contribution in [0.3, 0.4) is 0 Å². The van der Waals surface area contributed by atoms with Crippen molar-refractivity contribution in [2.24, 2.45) is 0 Å². The first-order chi connectivity index (χ1) is 7.29. The van der Waals surface area contributed by atoms with Crippen LogP contribution in [0, 0.1) is 0 Å². The van der Waals surface area contributed by atoms with Gasteiger partial charge in [0, 0.05) is 0 Å². The lowest BCUT2D eigenvalue weighted by atomic mass is 10.1. The molecule has 2 unspecified atom stereocenters. The average Bonchev–Trinajstić information content (AvgIpc) is 2.61. The normalized spacial score (nSPS) is 24.9. The molecule has 3 heteroatoms. The molecule has 3 nitrogen and oxygen atoms in total. The van der Waals surface area contributed by atoms with Crippen LogP contribution in [0.5, 0.6) is 0 Å². The molecule has 15 heavy (non-hydrogen) atoms. The summed E-state index contributed by atoms with van der Waals surface area (Å²) in [6.45, 7) is 3.58. The highest BCUT2D eigenvalue weighted by atomic mass is 16.6. The Morgan fingerprint density at radius 1 is 1.40 bits per heavy atom. The average molecular weight is 203 g/mol. The SMILES string of the molecule is C=CC1NC(Cc2ccccc2)C(=O)O1. The second-order valence-corrected chi connectivity index (χ2v) is 3.50. The monoisotopic (exact) mass is 203 g/mol. The van der Waals surface area contributed by atoms with Crippen LogP contribution < -0.4 is 5.32 Å². The Hall–Kier alpha value is -1.61. The van der Waals surface area contributed by atoms with Gasteiger partial charge in [0.1, 0.15) is 6.04 Å². The van der Waals surface area contributed by atoms with Crippen LogP contribution in [-0.2, 0) is 16.0 Å². The second kappa shape index (κ2) is 4.28. The van der Waals surface area contributed by atoms with E-state index in [0.29, 0.717) is 6.42 Å². The number of hydrogen-bond donors (Lipinski definition) is 1. The highest BCUT2D eigenvalue weighted by Gasteiger charge is 2.31. The highest BCUT2D eigenvalue weighted by molar-refractivity contribution is 5.78. The first-order valence-electron chi connectivity index (χ1n) is 4.92. The number of cyclic esters (lactones) is 1. The minimum atomic E-state index is -0.341. The summed E-state index contributed by atoms with van der Waals surface area (Å²) in [4.78, 5) is 11.4. The molecule has 0 amide bonds. The molecule has 1 aromatic rings.